The van der Waals surface area contributed by atoms with E-state index in [1.807, 2.05) is 0 Å². The second-order valence-corrected chi connectivity index (χ2v) is 3.00. The van der Waals surface area contributed by atoms with E-state index in [0.29, 0.717) is 5.69 Å². The van der Waals surface area contributed by atoms with Crippen molar-refractivity contribution < 1.29 is 9.18 Å². The zero-order chi connectivity index (χ0) is 10.8. The molecule has 0 atom stereocenters. The Labute approximate surface area is 85.2 Å². The summed E-state index contributed by atoms with van der Waals surface area (Å²) in [7, 11) is 0. The largest absolute Gasteiger partial charge is 0.366 e. The SMILES string of the molecule is NC(=O)c1ccc(-n2ccnc2)c(F)c1. The van der Waals surface area contributed by atoms with Crippen LogP contribution in [-0.4, -0.2) is 15.5 Å². The van der Waals surface area contributed by atoms with Crippen molar-refractivity contribution in [3.05, 3.63) is 48.3 Å². The van der Waals surface area contributed by atoms with Gasteiger partial charge in [0, 0.05) is 18.0 Å². The number of benzene rings is 1. The number of primary amides is 1. The molecule has 5 heteroatoms. The van der Waals surface area contributed by atoms with Gasteiger partial charge in [0.25, 0.3) is 0 Å². The molecule has 0 fully saturated rings. The number of rotatable bonds is 2. The first-order valence-corrected chi connectivity index (χ1v) is 4.26. The van der Waals surface area contributed by atoms with Crippen molar-refractivity contribution in [2.24, 2.45) is 5.73 Å². The third-order valence-corrected chi connectivity index (χ3v) is 2.01. The van der Waals surface area contributed by atoms with Crippen LogP contribution in [0.15, 0.2) is 36.9 Å². The molecule has 0 saturated heterocycles. The van der Waals surface area contributed by atoms with E-state index in [1.54, 1.807) is 12.4 Å². The first kappa shape index (κ1) is 9.39. The Bertz CT molecular complexity index is 493. The molecule has 0 bridgehead atoms. The van der Waals surface area contributed by atoms with Crippen LogP contribution in [0, 0.1) is 5.82 Å². The summed E-state index contributed by atoms with van der Waals surface area (Å²) in [5.74, 6) is -1.16. The first-order chi connectivity index (χ1) is 7.18. The van der Waals surface area contributed by atoms with Crippen LogP contribution in [0.1, 0.15) is 10.4 Å². The van der Waals surface area contributed by atoms with Gasteiger partial charge in [-0.25, -0.2) is 9.37 Å². The Hall–Kier alpha value is -2.17. The predicted octanol–water partition coefficient (Wildman–Crippen LogP) is 1.11. The molecule has 1 aromatic carbocycles. The average molecular weight is 205 g/mol. The summed E-state index contributed by atoms with van der Waals surface area (Å²) in [5, 5.41) is 0. The molecule has 15 heavy (non-hydrogen) atoms. The van der Waals surface area contributed by atoms with Crippen LogP contribution in [-0.2, 0) is 0 Å². The zero-order valence-corrected chi connectivity index (χ0v) is 7.72. The quantitative estimate of drug-likeness (QED) is 0.798. The predicted molar refractivity (Wildman–Crippen MR) is 52.0 cm³/mol. The van der Waals surface area contributed by atoms with Crippen LogP contribution < -0.4 is 5.73 Å². The molecule has 0 radical (unpaired) electrons. The Kier molecular flexibility index (Phi) is 2.21. The van der Waals surface area contributed by atoms with Crippen molar-refractivity contribution in [3.63, 3.8) is 0 Å². The summed E-state index contributed by atoms with van der Waals surface area (Å²) in [6, 6.07) is 4.06. The first-order valence-electron chi connectivity index (χ1n) is 4.26. The van der Waals surface area contributed by atoms with Crippen molar-refractivity contribution in [2.45, 2.75) is 0 Å². The maximum absolute atomic E-state index is 13.5. The highest BCUT2D eigenvalue weighted by molar-refractivity contribution is 5.92. The number of nitrogens with two attached hydrogens (primary N) is 1. The fourth-order valence-corrected chi connectivity index (χ4v) is 1.27. The lowest BCUT2D eigenvalue weighted by atomic mass is 10.2. The minimum atomic E-state index is -0.647. The Balaban J connectivity index is 2.48. The molecule has 0 saturated carbocycles. The van der Waals surface area contributed by atoms with Crippen LogP contribution in [0.25, 0.3) is 5.69 Å². The molecule has 0 aliphatic carbocycles. The summed E-state index contributed by atoms with van der Waals surface area (Å²) in [6.07, 6.45) is 4.63. The van der Waals surface area contributed by atoms with E-state index in [9.17, 15) is 9.18 Å². The molecule has 2 aromatic rings. The van der Waals surface area contributed by atoms with E-state index in [1.165, 1.54) is 23.0 Å². The summed E-state index contributed by atoms with van der Waals surface area (Å²) >= 11 is 0. The molecular weight excluding hydrogens is 197 g/mol. The summed E-state index contributed by atoms with van der Waals surface area (Å²) in [5.41, 5.74) is 5.51. The molecule has 4 nitrogen and oxygen atoms in total. The van der Waals surface area contributed by atoms with E-state index >= 15 is 0 Å². The average Bonchev–Trinajstić information content (AvgIpc) is 2.70. The number of carbonyl (C=O) groups excluding carboxylic acids is 1. The zero-order valence-electron chi connectivity index (χ0n) is 7.72. The summed E-state index contributed by atoms with van der Waals surface area (Å²) in [4.78, 5) is 14.6. The van der Waals surface area contributed by atoms with E-state index in [4.69, 9.17) is 5.73 Å². The normalized spacial score (nSPS) is 10.2. The maximum Gasteiger partial charge on any atom is 0.248 e. The second-order valence-electron chi connectivity index (χ2n) is 3.00. The van der Waals surface area contributed by atoms with Gasteiger partial charge in [0.15, 0.2) is 0 Å². The number of aromatic nitrogens is 2. The highest BCUT2D eigenvalue weighted by Crippen LogP contribution is 2.14. The number of imidazole rings is 1. The second kappa shape index (κ2) is 3.53. The Morgan fingerprint density at radius 2 is 2.27 bits per heavy atom. The lowest BCUT2D eigenvalue weighted by molar-refractivity contribution is 0.1000. The lowest BCUT2D eigenvalue weighted by Gasteiger charge is -2.04. The number of amides is 1. The van der Waals surface area contributed by atoms with Gasteiger partial charge in [-0.05, 0) is 18.2 Å². The molecule has 1 aromatic heterocycles. The minimum Gasteiger partial charge on any atom is -0.366 e. The molecule has 1 heterocycles. The van der Waals surface area contributed by atoms with Crippen LogP contribution in [0.3, 0.4) is 0 Å². The molecule has 0 aliphatic heterocycles. The monoisotopic (exact) mass is 205 g/mol. The van der Waals surface area contributed by atoms with Gasteiger partial charge in [0.1, 0.15) is 5.82 Å². The molecule has 76 valence electrons. The molecule has 2 rings (SSSR count). The topological polar surface area (TPSA) is 60.9 Å². The lowest BCUT2D eigenvalue weighted by Crippen LogP contribution is -2.11. The fourth-order valence-electron chi connectivity index (χ4n) is 1.27. The van der Waals surface area contributed by atoms with Gasteiger partial charge < -0.3 is 10.3 Å². The van der Waals surface area contributed by atoms with E-state index in [2.05, 4.69) is 4.98 Å². The third kappa shape index (κ3) is 1.71. The van der Waals surface area contributed by atoms with Gasteiger partial charge in [-0.3, -0.25) is 4.79 Å². The number of nitrogens with zero attached hydrogens (tertiary/aromatic N) is 2. The highest BCUT2D eigenvalue weighted by Gasteiger charge is 2.07. The van der Waals surface area contributed by atoms with Crippen molar-refractivity contribution in [1.29, 1.82) is 0 Å². The number of hydrogen-bond acceptors (Lipinski definition) is 2. The van der Waals surface area contributed by atoms with Crippen molar-refractivity contribution in [3.8, 4) is 5.69 Å². The molecule has 0 unspecified atom stereocenters. The summed E-state index contributed by atoms with van der Waals surface area (Å²) < 4.78 is 15.0. The Morgan fingerprint density at radius 1 is 1.47 bits per heavy atom. The van der Waals surface area contributed by atoms with Crippen LogP contribution in [0.5, 0.6) is 0 Å². The molecular formula is C10H8FN3O. The molecule has 0 spiro atoms. The molecule has 2 N–H and O–H groups in total. The van der Waals surface area contributed by atoms with Gasteiger partial charge in [-0.15, -0.1) is 0 Å². The molecule has 0 aliphatic rings. The van der Waals surface area contributed by atoms with Gasteiger partial charge in [-0.1, -0.05) is 0 Å². The van der Waals surface area contributed by atoms with Crippen molar-refractivity contribution in [2.75, 3.05) is 0 Å². The van der Waals surface area contributed by atoms with Gasteiger partial charge in [0.05, 0.1) is 12.0 Å². The number of hydrogen-bond donors (Lipinski definition) is 1. The number of halogens is 1. The van der Waals surface area contributed by atoms with E-state index in [0.717, 1.165) is 6.07 Å². The summed E-state index contributed by atoms with van der Waals surface area (Å²) in [6.45, 7) is 0. The van der Waals surface area contributed by atoms with E-state index < -0.39 is 11.7 Å². The highest BCUT2D eigenvalue weighted by atomic mass is 19.1. The van der Waals surface area contributed by atoms with Crippen LogP contribution >= 0.6 is 0 Å². The molecule has 1 amide bonds. The fraction of sp³-hybridized carbons (Fsp3) is 0. The van der Waals surface area contributed by atoms with Gasteiger partial charge >= 0.3 is 0 Å². The van der Waals surface area contributed by atoms with E-state index in [-0.39, 0.29) is 5.56 Å². The number of carbonyl (C=O) groups is 1. The van der Waals surface area contributed by atoms with Crippen LogP contribution in [0.2, 0.25) is 0 Å². The smallest absolute Gasteiger partial charge is 0.248 e. The van der Waals surface area contributed by atoms with Gasteiger partial charge in [0.2, 0.25) is 5.91 Å². The minimum absolute atomic E-state index is 0.149. The van der Waals surface area contributed by atoms with Gasteiger partial charge in [-0.2, -0.15) is 0 Å². The van der Waals surface area contributed by atoms with Crippen LogP contribution in [0.4, 0.5) is 4.39 Å². The standard InChI is InChI=1S/C10H8FN3O/c11-8-5-7(10(12)15)1-2-9(8)14-4-3-13-6-14/h1-6H,(H2,12,15). The third-order valence-electron chi connectivity index (χ3n) is 2.01. The van der Waals surface area contributed by atoms with Crippen molar-refractivity contribution in [1.82, 2.24) is 9.55 Å². The maximum atomic E-state index is 13.5. The van der Waals surface area contributed by atoms with Crippen molar-refractivity contribution >= 4 is 5.91 Å². The Morgan fingerprint density at radius 3 is 2.80 bits per heavy atom.